The van der Waals surface area contributed by atoms with Crippen molar-refractivity contribution in [1.29, 1.82) is 0 Å². The Morgan fingerprint density at radius 3 is 2.50 bits per heavy atom. The number of hydrogen-bond donors (Lipinski definition) is 4. The van der Waals surface area contributed by atoms with E-state index in [0.29, 0.717) is 13.1 Å². The van der Waals surface area contributed by atoms with Gasteiger partial charge in [0, 0.05) is 13.0 Å². The Balaban J connectivity index is 2.14. The molecule has 0 radical (unpaired) electrons. The molecule has 0 bridgehead atoms. The Kier molecular flexibility index (Phi) is 4.26. The van der Waals surface area contributed by atoms with Gasteiger partial charge in [0.25, 0.3) is 0 Å². The smallest absolute Gasteiger partial charge is 0.320 e. The number of amides is 1. The van der Waals surface area contributed by atoms with Crippen LogP contribution >= 0.6 is 0 Å². The van der Waals surface area contributed by atoms with Crippen LogP contribution in [0.2, 0.25) is 0 Å². The number of carbonyl (C=O) groups is 2. The molecule has 92 valence electrons. The van der Waals surface area contributed by atoms with Gasteiger partial charge in [-0.05, 0) is 31.2 Å². The van der Waals surface area contributed by atoms with Gasteiger partial charge >= 0.3 is 5.97 Å². The van der Waals surface area contributed by atoms with Crippen molar-refractivity contribution in [3.63, 3.8) is 0 Å². The highest BCUT2D eigenvalue weighted by atomic mass is 16.4. The SMILES string of the molecule is NCC1(CNC(=O)CC[C@H](N)C(=O)O)CC1. The van der Waals surface area contributed by atoms with Crippen molar-refractivity contribution in [1.82, 2.24) is 5.32 Å². The van der Waals surface area contributed by atoms with E-state index in [9.17, 15) is 9.59 Å². The van der Waals surface area contributed by atoms with Crippen molar-refractivity contribution in [2.75, 3.05) is 13.1 Å². The lowest BCUT2D eigenvalue weighted by molar-refractivity contribution is -0.138. The molecule has 0 spiro atoms. The fourth-order valence-corrected chi connectivity index (χ4v) is 1.41. The Labute approximate surface area is 94.4 Å². The summed E-state index contributed by atoms with van der Waals surface area (Å²) in [6.07, 6.45) is 2.42. The van der Waals surface area contributed by atoms with Gasteiger partial charge in [-0.2, -0.15) is 0 Å². The molecule has 1 aliphatic rings. The molecule has 6 nitrogen and oxygen atoms in total. The maximum atomic E-state index is 11.4. The maximum absolute atomic E-state index is 11.4. The van der Waals surface area contributed by atoms with Gasteiger partial charge < -0.3 is 21.9 Å². The van der Waals surface area contributed by atoms with Gasteiger partial charge in [-0.15, -0.1) is 0 Å². The lowest BCUT2D eigenvalue weighted by Crippen LogP contribution is -2.36. The summed E-state index contributed by atoms with van der Waals surface area (Å²) < 4.78 is 0. The van der Waals surface area contributed by atoms with E-state index in [2.05, 4.69) is 5.32 Å². The molecule has 1 atom stereocenters. The Morgan fingerprint density at radius 2 is 2.06 bits per heavy atom. The normalized spacial score (nSPS) is 18.9. The van der Waals surface area contributed by atoms with E-state index in [0.717, 1.165) is 12.8 Å². The fraction of sp³-hybridized carbons (Fsp3) is 0.800. The molecule has 1 rings (SSSR count). The molecule has 6 N–H and O–H groups in total. The number of aliphatic carboxylic acids is 1. The van der Waals surface area contributed by atoms with E-state index in [1.54, 1.807) is 0 Å². The lowest BCUT2D eigenvalue weighted by Gasteiger charge is -2.13. The molecular weight excluding hydrogens is 210 g/mol. The Bertz CT molecular complexity index is 276. The molecule has 0 unspecified atom stereocenters. The van der Waals surface area contributed by atoms with Crippen molar-refractivity contribution in [2.45, 2.75) is 31.7 Å². The van der Waals surface area contributed by atoms with Gasteiger partial charge in [-0.3, -0.25) is 9.59 Å². The molecule has 1 fully saturated rings. The van der Waals surface area contributed by atoms with E-state index in [1.165, 1.54) is 0 Å². The quantitative estimate of drug-likeness (QED) is 0.448. The van der Waals surface area contributed by atoms with E-state index in [-0.39, 0.29) is 24.2 Å². The summed E-state index contributed by atoms with van der Waals surface area (Å²) >= 11 is 0. The Hall–Kier alpha value is -1.14. The second-order valence-electron chi connectivity index (χ2n) is 4.46. The molecule has 6 heteroatoms. The zero-order valence-corrected chi connectivity index (χ0v) is 9.24. The van der Waals surface area contributed by atoms with Crippen LogP contribution in [0.25, 0.3) is 0 Å². The summed E-state index contributed by atoms with van der Waals surface area (Å²) in [7, 11) is 0. The first-order valence-corrected chi connectivity index (χ1v) is 5.44. The van der Waals surface area contributed by atoms with Crippen molar-refractivity contribution in [2.24, 2.45) is 16.9 Å². The highest BCUT2D eigenvalue weighted by Crippen LogP contribution is 2.43. The van der Waals surface area contributed by atoms with Crippen LogP contribution in [0.3, 0.4) is 0 Å². The number of carboxylic acid groups (broad SMARTS) is 1. The number of nitrogens with two attached hydrogens (primary N) is 2. The largest absolute Gasteiger partial charge is 0.480 e. The van der Waals surface area contributed by atoms with Crippen LogP contribution in [0.5, 0.6) is 0 Å². The maximum Gasteiger partial charge on any atom is 0.320 e. The van der Waals surface area contributed by atoms with E-state index >= 15 is 0 Å². The average molecular weight is 229 g/mol. The molecule has 0 aromatic carbocycles. The molecular formula is C10H19N3O3. The number of carbonyl (C=O) groups excluding carboxylic acids is 1. The summed E-state index contributed by atoms with van der Waals surface area (Å²) in [5.74, 6) is -1.23. The highest BCUT2D eigenvalue weighted by Gasteiger charge is 2.41. The average Bonchev–Trinajstić information content (AvgIpc) is 3.03. The molecule has 1 amide bonds. The minimum atomic E-state index is -1.08. The molecule has 1 aliphatic carbocycles. The first-order valence-electron chi connectivity index (χ1n) is 5.44. The van der Waals surface area contributed by atoms with Crippen molar-refractivity contribution < 1.29 is 14.7 Å². The standard InChI is InChI=1S/C10H19N3O3/c11-5-10(3-4-10)6-13-8(14)2-1-7(12)9(15)16/h7H,1-6,11-12H2,(H,13,14)(H,15,16)/t7-/m0/s1. The zero-order chi connectivity index (χ0) is 12.2. The minimum Gasteiger partial charge on any atom is -0.480 e. The molecule has 0 aliphatic heterocycles. The van der Waals surface area contributed by atoms with Crippen molar-refractivity contribution >= 4 is 11.9 Å². The van der Waals surface area contributed by atoms with Gasteiger partial charge in [0.2, 0.25) is 5.91 Å². The number of nitrogens with one attached hydrogen (secondary N) is 1. The predicted octanol–water partition coefficient (Wildman–Crippen LogP) is -0.966. The van der Waals surface area contributed by atoms with Crippen molar-refractivity contribution in [3.05, 3.63) is 0 Å². The lowest BCUT2D eigenvalue weighted by atomic mass is 10.1. The van der Waals surface area contributed by atoms with Gasteiger partial charge in [-0.1, -0.05) is 0 Å². The molecule has 0 aromatic rings. The molecule has 16 heavy (non-hydrogen) atoms. The van der Waals surface area contributed by atoms with Crippen LogP contribution in [-0.4, -0.2) is 36.1 Å². The third-order valence-corrected chi connectivity index (χ3v) is 3.05. The van der Waals surface area contributed by atoms with Gasteiger partial charge in [-0.25, -0.2) is 0 Å². The number of carboxylic acids is 1. The number of rotatable bonds is 7. The second kappa shape index (κ2) is 5.27. The monoisotopic (exact) mass is 229 g/mol. The van der Waals surface area contributed by atoms with E-state index < -0.39 is 12.0 Å². The summed E-state index contributed by atoms with van der Waals surface area (Å²) in [5, 5.41) is 11.3. The van der Waals surface area contributed by atoms with Gasteiger partial charge in [0.15, 0.2) is 0 Å². The Morgan fingerprint density at radius 1 is 1.44 bits per heavy atom. The van der Waals surface area contributed by atoms with Crippen LogP contribution in [0.1, 0.15) is 25.7 Å². The summed E-state index contributed by atoms with van der Waals surface area (Å²) in [6.45, 7) is 1.17. The van der Waals surface area contributed by atoms with Crippen LogP contribution in [0.15, 0.2) is 0 Å². The first kappa shape index (κ1) is 12.9. The molecule has 0 aromatic heterocycles. The summed E-state index contributed by atoms with van der Waals surface area (Å²) in [5.41, 5.74) is 11.0. The third-order valence-electron chi connectivity index (χ3n) is 3.05. The van der Waals surface area contributed by atoms with Crippen molar-refractivity contribution in [3.8, 4) is 0 Å². The van der Waals surface area contributed by atoms with Gasteiger partial charge in [0.1, 0.15) is 6.04 Å². The van der Waals surface area contributed by atoms with Crippen LogP contribution in [-0.2, 0) is 9.59 Å². The molecule has 0 saturated heterocycles. The second-order valence-corrected chi connectivity index (χ2v) is 4.46. The van der Waals surface area contributed by atoms with Gasteiger partial charge in [0.05, 0.1) is 0 Å². The summed E-state index contributed by atoms with van der Waals surface area (Å²) in [6, 6.07) is -0.963. The van der Waals surface area contributed by atoms with Crippen LogP contribution in [0, 0.1) is 5.41 Å². The predicted molar refractivity (Wildman–Crippen MR) is 58.6 cm³/mol. The molecule has 0 heterocycles. The zero-order valence-electron chi connectivity index (χ0n) is 9.24. The topological polar surface area (TPSA) is 118 Å². The van der Waals surface area contributed by atoms with Crippen LogP contribution < -0.4 is 16.8 Å². The fourth-order valence-electron chi connectivity index (χ4n) is 1.41. The number of hydrogen-bond acceptors (Lipinski definition) is 4. The molecule has 1 saturated carbocycles. The van der Waals surface area contributed by atoms with Crippen LogP contribution in [0.4, 0.5) is 0 Å². The highest BCUT2D eigenvalue weighted by molar-refractivity contribution is 5.78. The minimum absolute atomic E-state index is 0.102. The van der Waals surface area contributed by atoms with E-state index in [1.807, 2.05) is 0 Å². The summed E-state index contributed by atoms with van der Waals surface area (Å²) in [4.78, 5) is 21.8. The van der Waals surface area contributed by atoms with E-state index in [4.69, 9.17) is 16.6 Å². The third kappa shape index (κ3) is 3.79. The first-order chi connectivity index (χ1) is 7.49.